The number of carbonyl (C=O) groups excluding carboxylic acids is 1. The number of aromatic nitrogens is 2. The van der Waals surface area contributed by atoms with Gasteiger partial charge in [0.1, 0.15) is 6.61 Å². The second-order valence-electron chi connectivity index (χ2n) is 13.1. The van der Waals surface area contributed by atoms with E-state index in [4.69, 9.17) is 4.74 Å². The maximum absolute atomic E-state index is 13.7. The van der Waals surface area contributed by atoms with Crippen molar-refractivity contribution in [1.82, 2.24) is 15.3 Å². The first-order valence-electron chi connectivity index (χ1n) is 16.3. The average Bonchev–Trinajstić information content (AvgIpc) is 3.52. The topological polar surface area (TPSA) is 104 Å². The number of ether oxygens (including phenoxy) is 1. The molecule has 2 heterocycles. The summed E-state index contributed by atoms with van der Waals surface area (Å²) in [7, 11) is 0. The average molecular weight is 632 g/mol. The lowest BCUT2D eigenvalue weighted by Crippen LogP contribution is -2.57. The molecule has 244 valence electrons. The van der Waals surface area contributed by atoms with Crippen molar-refractivity contribution in [3.8, 4) is 0 Å². The summed E-state index contributed by atoms with van der Waals surface area (Å²) in [5.41, 5.74) is 4.18. The molecule has 5 aromatic rings. The molecule has 47 heavy (non-hydrogen) atoms. The van der Waals surface area contributed by atoms with Crippen molar-refractivity contribution in [3.05, 3.63) is 137 Å². The Hall–Kier alpha value is -4.75. The number of aliphatic carboxylic acids is 1. The number of carboxylic acids is 1. The molecule has 3 atom stereocenters. The number of unbranched alkanes of at least 4 members (excludes halogenated alkanes) is 1. The predicted molar refractivity (Wildman–Crippen MR) is 186 cm³/mol. The van der Waals surface area contributed by atoms with Crippen molar-refractivity contribution >= 4 is 22.8 Å². The molecule has 0 saturated carbocycles. The first-order valence-corrected chi connectivity index (χ1v) is 16.3. The second kappa shape index (κ2) is 14.8. The minimum absolute atomic E-state index is 0.0201. The van der Waals surface area contributed by atoms with E-state index in [2.05, 4.69) is 21.4 Å². The minimum Gasteiger partial charge on any atom is -0.481 e. The number of benzene rings is 3. The number of rotatable bonds is 15. The van der Waals surface area contributed by atoms with Gasteiger partial charge in [0.2, 0.25) is 0 Å². The highest BCUT2D eigenvalue weighted by molar-refractivity contribution is 5.85. The van der Waals surface area contributed by atoms with Crippen LogP contribution in [0, 0.1) is 13.8 Å². The number of hydrogen-bond donors (Lipinski definition) is 3. The van der Waals surface area contributed by atoms with Gasteiger partial charge in [-0.25, -0.2) is 0 Å². The van der Waals surface area contributed by atoms with E-state index in [-0.39, 0.29) is 19.0 Å². The van der Waals surface area contributed by atoms with E-state index in [9.17, 15) is 14.7 Å². The minimum atomic E-state index is -1.40. The molecule has 7 nitrogen and oxygen atoms in total. The van der Waals surface area contributed by atoms with E-state index in [1.54, 1.807) is 19.3 Å². The Labute approximate surface area is 277 Å². The number of carbonyl (C=O) groups is 2. The maximum Gasteiger partial charge on any atom is 0.314 e. The molecule has 0 bridgehead atoms. The van der Waals surface area contributed by atoms with Gasteiger partial charge < -0.3 is 20.1 Å². The van der Waals surface area contributed by atoms with Crippen LogP contribution in [0.1, 0.15) is 72.4 Å². The van der Waals surface area contributed by atoms with Crippen LogP contribution in [0.5, 0.6) is 0 Å². The zero-order chi connectivity index (χ0) is 33.4. The van der Waals surface area contributed by atoms with Gasteiger partial charge in [-0.2, -0.15) is 0 Å². The van der Waals surface area contributed by atoms with Crippen LogP contribution in [-0.2, 0) is 32.8 Å². The van der Waals surface area contributed by atoms with Gasteiger partial charge in [0.05, 0.1) is 11.8 Å². The molecular weight excluding hydrogens is 586 g/mol. The molecule has 7 heteroatoms. The molecule has 0 aliphatic rings. The first-order chi connectivity index (χ1) is 22.6. The van der Waals surface area contributed by atoms with Gasteiger partial charge in [0.15, 0.2) is 0 Å². The number of carboxylic acid groups (broad SMARTS) is 1. The van der Waals surface area contributed by atoms with Gasteiger partial charge in [-0.15, -0.1) is 0 Å². The molecule has 0 saturated heterocycles. The molecule has 5 rings (SSSR count). The lowest BCUT2D eigenvalue weighted by Gasteiger charge is -2.47. The number of aromatic amines is 1. The molecule has 3 unspecified atom stereocenters. The quantitative estimate of drug-likeness (QED) is 0.0804. The Bertz CT molecular complexity index is 1780. The number of esters is 1. The molecule has 0 radical (unpaired) electrons. The lowest BCUT2D eigenvalue weighted by molar-refractivity contribution is -0.150. The summed E-state index contributed by atoms with van der Waals surface area (Å²) in [6, 6.07) is 27.6. The Balaban J connectivity index is 1.55. The summed E-state index contributed by atoms with van der Waals surface area (Å²) in [4.78, 5) is 34.8. The SMILES string of the molecule is Cc1cc(C)cc(C(C)(C(=O)O)C(c2ccc3[nH]ccc3c2)C(C)(CC(=O)OCc2ccccc2)NCCCCc2ccncc2)c1. The highest BCUT2D eigenvalue weighted by Gasteiger charge is 2.53. The van der Waals surface area contributed by atoms with E-state index >= 15 is 0 Å². The normalized spacial score (nSPS) is 14.6. The van der Waals surface area contributed by atoms with Crippen LogP contribution < -0.4 is 5.32 Å². The molecule has 2 aromatic heterocycles. The van der Waals surface area contributed by atoms with E-state index in [1.165, 1.54) is 5.56 Å². The molecule has 0 aliphatic carbocycles. The van der Waals surface area contributed by atoms with Gasteiger partial charge in [-0.05, 0) is 111 Å². The number of pyridine rings is 1. The Kier molecular flexibility index (Phi) is 10.6. The van der Waals surface area contributed by atoms with Gasteiger partial charge in [0, 0.05) is 35.6 Å². The molecule has 0 amide bonds. The summed E-state index contributed by atoms with van der Waals surface area (Å²) < 4.78 is 5.83. The lowest BCUT2D eigenvalue weighted by atomic mass is 9.60. The molecule has 0 spiro atoms. The molecule has 3 aromatic carbocycles. The van der Waals surface area contributed by atoms with Crippen molar-refractivity contribution in [1.29, 1.82) is 0 Å². The number of nitrogens with zero attached hydrogens (tertiary/aromatic N) is 1. The van der Waals surface area contributed by atoms with Crippen LogP contribution in [0.2, 0.25) is 0 Å². The molecule has 0 aliphatic heterocycles. The zero-order valence-electron chi connectivity index (χ0n) is 27.8. The number of nitrogens with one attached hydrogen (secondary N) is 2. The van der Waals surface area contributed by atoms with Gasteiger partial charge in [0.25, 0.3) is 0 Å². The summed E-state index contributed by atoms with van der Waals surface area (Å²) in [6.07, 6.45) is 8.14. The van der Waals surface area contributed by atoms with Crippen LogP contribution in [0.4, 0.5) is 0 Å². The number of H-pyrrole nitrogens is 1. The highest BCUT2D eigenvalue weighted by Crippen LogP contribution is 2.48. The van der Waals surface area contributed by atoms with Crippen LogP contribution in [0.25, 0.3) is 10.9 Å². The van der Waals surface area contributed by atoms with Gasteiger partial charge in [-0.3, -0.25) is 14.6 Å². The van der Waals surface area contributed by atoms with E-state index in [0.29, 0.717) is 12.1 Å². The number of aryl methyl sites for hydroxylation is 3. The Morgan fingerprint density at radius 1 is 0.894 bits per heavy atom. The van der Waals surface area contributed by atoms with Gasteiger partial charge >= 0.3 is 11.9 Å². The van der Waals surface area contributed by atoms with Crippen LogP contribution in [0.3, 0.4) is 0 Å². The fourth-order valence-corrected chi connectivity index (χ4v) is 7.01. The third-order valence-corrected chi connectivity index (χ3v) is 9.32. The molecule has 0 fully saturated rings. The summed E-state index contributed by atoms with van der Waals surface area (Å²) in [5.74, 6) is -2.00. The largest absolute Gasteiger partial charge is 0.481 e. The summed E-state index contributed by atoms with van der Waals surface area (Å²) >= 11 is 0. The number of hydrogen-bond acceptors (Lipinski definition) is 5. The second-order valence-corrected chi connectivity index (χ2v) is 13.1. The third-order valence-electron chi connectivity index (χ3n) is 9.32. The van der Waals surface area contributed by atoms with Crippen LogP contribution in [-0.4, -0.2) is 39.1 Å². The predicted octanol–water partition coefficient (Wildman–Crippen LogP) is 7.81. The zero-order valence-corrected chi connectivity index (χ0v) is 27.8. The van der Waals surface area contributed by atoms with Crippen LogP contribution >= 0.6 is 0 Å². The third kappa shape index (κ3) is 7.98. The van der Waals surface area contributed by atoms with E-state index in [0.717, 1.165) is 52.4 Å². The van der Waals surface area contributed by atoms with Crippen molar-refractivity contribution in [2.45, 2.75) is 76.9 Å². The van der Waals surface area contributed by atoms with Crippen LogP contribution in [0.15, 0.2) is 104 Å². The fourth-order valence-electron chi connectivity index (χ4n) is 7.01. The van der Waals surface area contributed by atoms with Crippen molar-refractivity contribution < 1.29 is 19.4 Å². The summed E-state index contributed by atoms with van der Waals surface area (Å²) in [5, 5.41) is 15.9. The standard InChI is InChI=1S/C40H45N3O4/c1-28-22-29(2)24-34(23-28)40(4,38(45)46)37(33-13-14-35-32(25-33)17-21-42-35)39(3,26-36(44)47-27-31-11-6-5-7-12-31)43-18-9-8-10-30-15-19-41-20-16-30/h5-7,11-17,19-25,37,42-43H,8-10,18,26-27H2,1-4H3,(H,45,46). The Morgan fingerprint density at radius 3 is 2.32 bits per heavy atom. The molecule has 3 N–H and O–H groups in total. The smallest absolute Gasteiger partial charge is 0.314 e. The molecular formula is C40H45N3O4. The van der Waals surface area contributed by atoms with Crippen molar-refractivity contribution in [2.75, 3.05) is 6.54 Å². The van der Waals surface area contributed by atoms with E-state index < -0.39 is 22.8 Å². The first kappa shape index (κ1) is 33.6. The summed E-state index contributed by atoms with van der Waals surface area (Å²) in [6.45, 7) is 8.50. The highest BCUT2D eigenvalue weighted by atomic mass is 16.5. The van der Waals surface area contributed by atoms with E-state index in [1.807, 2.05) is 106 Å². The fraction of sp³-hybridized carbons (Fsp3) is 0.325. The Morgan fingerprint density at radius 2 is 1.62 bits per heavy atom. The number of fused-ring (bicyclic) bond motifs is 1. The maximum atomic E-state index is 13.7. The van der Waals surface area contributed by atoms with Gasteiger partial charge in [-0.1, -0.05) is 65.7 Å². The monoisotopic (exact) mass is 631 g/mol. The van der Waals surface area contributed by atoms with Crippen molar-refractivity contribution in [2.24, 2.45) is 0 Å². The van der Waals surface area contributed by atoms with Crippen molar-refractivity contribution in [3.63, 3.8) is 0 Å².